The first-order chi connectivity index (χ1) is 14.4. The molecule has 154 valence electrons. The molecule has 0 spiro atoms. The predicted octanol–water partition coefficient (Wildman–Crippen LogP) is 4.19. The summed E-state index contributed by atoms with van der Waals surface area (Å²) in [4.78, 5) is 13.8. The number of aryl methyl sites for hydroxylation is 1. The second kappa shape index (κ2) is 8.42. The fourth-order valence-corrected chi connectivity index (χ4v) is 4.90. The standard InChI is InChI=1S/C24H24N2O3S/c1-18-9-11-20(12-10-18)24(19-6-3-2-4-7-19)25-30(28,29)22-15-13-21(14-16-22)26-17-5-8-23(26)27/h2-4,6-7,9-16,24-25H,5,8,17H2,1H3/t24-/m1/s1. The van der Waals surface area contributed by atoms with Gasteiger partial charge in [-0.15, -0.1) is 0 Å². The second-order valence-corrected chi connectivity index (χ2v) is 9.23. The van der Waals surface area contributed by atoms with Crippen LogP contribution in [-0.4, -0.2) is 20.9 Å². The smallest absolute Gasteiger partial charge is 0.241 e. The molecule has 0 bridgehead atoms. The van der Waals surface area contributed by atoms with E-state index in [9.17, 15) is 13.2 Å². The fourth-order valence-electron chi connectivity index (χ4n) is 3.68. The topological polar surface area (TPSA) is 66.5 Å². The maximum atomic E-state index is 13.2. The molecule has 30 heavy (non-hydrogen) atoms. The van der Waals surface area contributed by atoms with E-state index in [0.29, 0.717) is 13.0 Å². The summed E-state index contributed by atoms with van der Waals surface area (Å²) < 4.78 is 29.2. The SMILES string of the molecule is Cc1ccc([C@H](NS(=O)(=O)c2ccc(N3CCCC3=O)cc2)c2ccccc2)cc1. The molecule has 5 nitrogen and oxygen atoms in total. The first-order valence-electron chi connectivity index (χ1n) is 9.98. The molecule has 1 heterocycles. The van der Waals surface area contributed by atoms with Gasteiger partial charge in [-0.3, -0.25) is 4.79 Å². The molecule has 4 rings (SSSR count). The van der Waals surface area contributed by atoms with Crippen LogP contribution in [0.4, 0.5) is 5.69 Å². The minimum Gasteiger partial charge on any atom is -0.312 e. The van der Waals surface area contributed by atoms with E-state index < -0.39 is 16.1 Å². The van der Waals surface area contributed by atoms with Gasteiger partial charge in [-0.2, -0.15) is 4.72 Å². The van der Waals surface area contributed by atoms with Gasteiger partial charge in [0.1, 0.15) is 0 Å². The van der Waals surface area contributed by atoms with Crippen molar-refractivity contribution >= 4 is 21.6 Å². The van der Waals surface area contributed by atoms with Gasteiger partial charge < -0.3 is 4.90 Å². The molecule has 0 aromatic heterocycles. The molecule has 1 N–H and O–H groups in total. The molecule has 3 aromatic carbocycles. The van der Waals surface area contributed by atoms with Crippen molar-refractivity contribution in [1.29, 1.82) is 0 Å². The van der Waals surface area contributed by atoms with Crippen molar-refractivity contribution in [2.24, 2.45) is 0 Å². The highest BCUT2D eigenvalue weighted by Crippen LogP contribution is 2.27. The number of hydrogen-bond acceptors (Lipinski definition) is 3. The zero-order chi connectivity index (χ0) is 21.1. The van der Waals surface area contributed by atoms with Crippen LogP contribution in [0.1, 0.15) is 35.6 Å². The molecule has 0 saturated carbocycles. The van der Waals surface area contributed by atoms with Crippen LogP contribution in [0.3, 0.4) is 0 Å². The number of amides is 1. The molecule has 0 unspecified atom stereocenters. The summed E-state index contributed by atoms with van der Waals surface area (Å²) in [7, 11) is -3.77. The molecule has 0 aliphatic carbocycles. The van der Waals surface area contributed by atoms with Gasteiger partial charge in [0, 0.05) is 18.7 Å². The molecule has 1 aliphatic heterocycles. The summed E-state index contributed by atoms with van der Waals surface area (Å²) >= 11 is 0. The van der Waals surface area contributed by atoms with E-state index in [1.165, 1.54) is 0 Å². The molecular formula is C24H24N2O3S. The average molecular weight is 421 g/mol. The Kier molecular flexibility index (Phi) is 5.70. The van der Waals surface area contributed by atoms with Crippen molar-refractivity contribution in [3.05, 3.63) is 95.6 Å². The Hall–Kier alpha value is -2.96. The Labute approximate surface area is 177 Å². The monoisotopic (exact) mass is 420 g/mol. The maximum Gasteiger partial charge on any atom is 0.241 e. The Morgan fingerprint density at radius 1 is 0.867 bits per heavy atom. The van der Waals surface area contributed by atoms with Gasteiger partial charge in [-0.05, 0) is 48.7 Å². The summed E-state index contributed by atoms with van der Waals surface area (Å²) in [6.45, 7) is 2.67. The van der Waals surface area contributed by atoms with Crippen molar-refractivity contribution in [3.8, 4) is 0 Å². The second-order valence-electron chi connectivity index (χ2n) is 7.52. The van der Waals surface area contributed by atoms with Crippen LogP contribution in [0.5, 0.6) is 0 Å². The zero-order valence-electron chi connectivity index (χ0n) is 16.8. The third-order valence-corrected chi connectivity index (χ3v) is 6.79. The average Bonchev–Trinajstić information content (AvgIpc) is 3.19. The Morgan fingerprint density at radius 2 is 1.50 bits per heavy atom. The van der Waals surface area contributed by atoms with Gasteiger partial charge in [-0.25, -0.2) is 8.42 Å². The summed E-state index contributed by atoms with van der Waals surface area (Å²) in [6, 6.07) is 23.4. The molecule has 1 atom stereocenters. The van der Waals surface area contributed by atoms with E-state index >= 15 is 0 Å². The zero-order valence-corrected chi connectivity index (χ0v) is 17.6. The highest BCUT2D eigenvalue weighted by molar-refractivity contribution is 7.89. The van der Waals surface area contributed by atoms with Crippen LogP contribution in [0.25, 0.3) is 0 Å². The quantitative estimate of drug-likeness (QED) is 0.650. The highest BCUT2D eigenvalue weighted by Gasteiger charge is 2.25. The van der Waals surface area contributed by atoms with Crippen LogP contribution in [0.15, 0.2) is 83.8 Å². The lowest BCUT2D eigenvalue weighted by Gasteiger charge is -2.21. The third-order valence-electron chi connectivity index (χ3n) is 5.35. The van der Waals surface area contributed by atoms with Gasteiger partial charge in [0.05, 0.1) is 10.9 Å². The van der Waals surface area contributed by atoms with E-state index in [1.54, 1.807) is 29.2 Å². The number of carbonyl (C=O) groups excluding carboxylic acids is 1. The molecular weight excluding hydrogens is 396 g/mol. The fraction of sp³-hybridized carbons (Fsp3) is 0.208. The van der Waals surface area contributed by atoms with Crippen LogP contribution < -0.4 is 9.62 Å². The van der Waals surface area contributed by atoms with Crippen molar-refractivity contribution in [2.45, 2.75) is 30.7 Å². The van der Waals surface area contributed by atoms with E-state index in [2.05, 4.69) is 4.72 Å². The molecule has 1 aliphatic rings. The van der Waals surface area contributed by atoms with Crippen molar-refractivity contribution in [3.63, 3.8) is 0 Å². The van der Waals surface area contributed by atoms with E-state index in [4.69, 9.17) is 0 Å². The number of anilines is 1. The minimum absolute atomic E-state index is 0.0762. The Bertz CT molecular complexity index is 1130. The van der Waals surface area contributed by atoms with E-state index in [-0.39, 0.29) is 10.8 Å². The lowest BCUT2D eigenvalue weighted by atomic mass is 9.99. The Balaban J connectivity index is 1.63. The van der Waals surface area contributed by atoms with E-state index in [1.807, 2.05) is 61.5 Å². The summed E-state index contributed by atoms with van der Waals surface area (Å²) in [5.74, 6) is 0.0762. The number of carbonyl (C=O) groups is 1. The first-order valence-corrected chi connectivity index (χ1v) is 11.5. The van der Waals surface area contributed by atoms with Crippen molar-refractivity contribution < 1.29 is 13.2 Å². The number of nitrogens with one attached hydrogen (secondary N) is 1. The summed E-state index contributed by atoms with van der Waals surface area (Å²) in [5.41, 5.74) is 3.58. The van der Waals surface area contributed by atoms with Crippen LogP contribution in [-0.2, 0) is 14.8 Å². The first kappa shape index (κ1) is 20.3. The van der Waals surface area contributed by atoms with Crippen molar-refractivity contribution in [1.82, 2.24) is 4.72 Å². The van der Waals surface area contributed by atoms with E-state index in [0.717, 1.165) is 28.8 Å². The lowest BCUT2D eigenvalue weighted by Crippen LogP contribution is -2.29. The normalized spacial score (nSPS) is 15.4. The van der Waals surface area contributed by atoms with Gasteiger partial charge in [0.2, 0.25) is 15.9 Å². The molecule has 0 radical (unpaired) electrons. The van der Waals surface area contributed by atoms with Crippen LogP contribution >= 0.6 is 0 Å². The molecule has 3 aromatic rings. The highest BCUT2D eigenvalue weighted by atomic mass is 32.2. The lowest BCUT2D eigenvalue weighted by molar-refractivity contribution is -0.117. The number of rotatable bonds is 6. The van der Waals surface area contributed by atoms with Gasteiger partial charge >= 0.3 is 0 Å². The number of sulfonamides is 1. The predicted molar refractivity (Wildman–Crippen MR) is 118 cm³/mol. The molecule has 1 amide bonds. The van der Waals surface area contributed by atoms with Gasteiger partial charge in [0.25, 0.3) is 0 Å². The largest absolute Gasteiger partial charge is 0.312 e. The van der Waals surface area contributed by atoms with Gasteiger partial charge in [-0.1, -0.05) is 60.2 Å². The molecule has 1 saturated heterocycles. The number of benzene rings is 3. The molecule has 6 heteroatoms. The maximum absolute atomic E-state index is 13.2. The molecule has 1 fully saturated rings. The number of hydrogen-bond donors (Lipinski definition) is 1. The Morgan fingerprint density at radius 3 is 2.10 bits per heavy atom. The minimum atomic E-state index is -3.77. The third kappa shape index (κ3) is 4.30. The van der Waals surface area contributed by atoms with Gasteiger partial charge in [0.15, 0.2) is 0 Å². The summed E-state index contributed by atoms with van der Waals surface area (Å²) in [6.07, 6.45) is 1.37. The number of nitrogens with zero attached hydrogens (tertiary/aromatic N) is 1. The van der Waals surface area contributed by atoms with Crippen LogP contribution in [0, 0.1) is 6.92 Å². The van der Waals surface area contributed by atoms with Crippen molar-refractivity contribution in [2.75, 3.05) is 11.4 Å². The van der Waals surface area contributed by atoms with Crippen LogP contribution in [0.2, 0.25) is 0 Å². The summed E-state index contributed by atoms with van der Waals surface area (Å²) in [5, 5.41) is 0.